The van der Waals surface area contributed by atoms with Gasteiger partial charge < -0.3 is 16.0 Å². The molecule has 106 valence electrons. The Morgan fingerprint density at radius 3 is 2.47 bits per heavy atom. The van der Waals surface area contributed by atoms with Gasteiger partial charge in [0.1, 0.15) is 0 Å². The van der Waals surface area contributed by atoms with E-state index in [2.05, 4.69) is 11.2 Å². The van der Waals surface area contributed by atoms with E-state index >= 15 is 0 Å². The number of amides is 2. The monoisotopic (exact) mass is 265 g/mol. The van der Waals surface area contributed by atoms with E-state index in [1.807, 2.05) is 18.7 Å². The molecular formula is C14H23N3O2. The van der Waals surface area contributed by atoms with Crippen LogP contribution >= 0.6 is 0 Å². The Labute approximate surface area is 114 Å². The van der Waals surface area contributed by atoms with Crippen LogP contribution in [0.25, 0.3) is 0 Å². The first-order valence-electron chi connectivity index (χ1n) is 6.74. The Bertz CT molecular complexity index is 365. The van der Waals surface area contributed by atoms with Gasteiger partial charge in [-0.1, -0.05) is 13.8 Å². The van der Waals surface area contributed by atoms with Crippen molar-refractivity contribution in [2.45, 2.75) is 45.2 Å². The van der Waals surface area contributed by atoms with E-state index in [-0.39, 0.29) is 30.2 Å². The number of nitrogens with one attached hydrogen (secondary N) is 1. The zero-order valence-electron chi connectivity index (χ0n) is 11.7. The number of terminal acetylenes is 1. The lowest BCUT2D eigenvalue weighted by Crippen LogP contribution is -2.51. The van der Waals surface area contributed by atoms with Crippen LogP contribution in [0.2, 0.25) is 0 Å². The SMILES string of the molecule is C#CCC(N)C(=O)NC1CCN(C(=O)C(C)C)CC1. The smallest absolute Gasteiger partial charge is 0.238 e. The first-order valence-corrected chi connectivity index (χ1v) is 6.74. The molecule has 1 aliphatic heterocycles. The summed E-state index contributed by atoms with van der Waals surface area (Å²) in [6, 6.07) is -0.548. The Balaban J connectivity index is 2.37. The Morgan fingerprint density at radius 2 is 2.00 bits per heavy atom. The lowest BCUT2D eigenvalue weighted by atomic mass is 10.0. The van der Waals surface area contributed by atoms with Crippen LogP contribution in [0.15, 0.2) is 0 Å². The quantitative estimate of drug-likeness (QED) is 0.708. The highest BCUT2D eigenvalue weighted by molar-refractivity contribution is 5.82. The third-order valence-corrected chi connectivity index (χ3v) is 3.32. The molecule has 0 radical (unpaired) electrons. The zero-order valence-corrected chi connectivity index (χ0v) is 11.7. The van der Waals surface area contributed by atoms with E-state index in [1.165, 1.54) is 0 Å². The van der Waals surface area contributed by atoms with Gasteiger partial charge in [-0.05, 0) is 12.8 Å². The molecule has 0 aromatic carbocycles. The summed E-state index contributed by atoms with van der Waals surface area (Å²) in [5, 5.41) is 2.89. The molecule has 3 N–H and O–H groups in total. The first-order chi connectivity index (χ1) is 8.95. The molecule has 0 aromatic rings. The van der Waals surface area contributed by atoms with E-state index in [4.69, 9.17) is 12.2 Å². The molecule has 5 nitrogen and oxygen atoms in total. The van der Waals surface area contributed by atoms with Gasteiger partial charge in [-0.25, -0.2) is 0 Å². The average molecular weight is 265 g/mol. The summed E-state index contributed by atoms with van der Waals surface area (Å²) in [6.45, 7) is 5.17. The molecule has 19 heavy (non-hydrogen) atoms. The van der Waals surface area contributed by atoms with Crippen LogP contribution in [0.3, 0.4) is 0 Å². The van der Waals surface area contributed by atoms with E-state index < -0.39 is 6.04 Å². The molecule has 1 fully saturated rings. The van der Waals surface area contributed by atoms with Crippen molar-refractivity contribution in [3.05, 3.63) is 0 Å². The number of likely N-dealkylation sites (tertiary alicyclic amines) is 1. The maximum absolute atomic E-state index is 11.8. The average Bonchev–Trinajstić information content (AvgIpc) is 2.38. The summed E-state index contributed by atoms with van der Waals surface area (Å²) < 4.78 is 0. The van der Waals surface area contributed by atoms with Crippen molar-refractivity contribution < 1.29 is 9.59 Å². The molecule has 2 amide bonds. The van der Waals surface area contributed by atoms with Gasteiger partial charge >= 0.3 is 0 Å². The van der Waals surface area contributed by atoms with Crippen LogP contribution in [0, 0.1) is 18.3 Å². The van der Waals surface area contributed by atoms with Crippen molar-refractivity contribution in [1.29, 1.82) is 0 Å². The minimum Gasteiger partial charge on any atom is -0.352 e. The number of carbonyl (C=O) groups is 2. The molecule has 0 bridgehead atoms. The Kier molecular flexibility index (Phi) is 5.84. The predicted octanol–water partition coefficient (Wildman–Crippen LogP) is 0.100. The maximum atomic E-state index is 11.8. The molecule has 1 atom stereocenters. The van der Waals surface area contributed by atoms with E-state index in [0.29, 0.717) is 13.1 Å². The standard InChI is InChI=1S/C14H23N3O2/c1-4-5-12(15)13(18)16-11-6-8-17(9-7-11)14(19)10(2)3/h1,10-12H,5-9,15H2,2-3H3,(H,16,18). The molecule has 0 aromatic heterocycles. The van der Waals surface area contributed by atoms with E-state index in [0.717, 1.165) is 12.8 Å². The second-order valence-electron chi connectivity index (χ2n) is 5.28. The fraction of sp³-hybridized carbons (Fsp3) is 0.714. The molecule has 1 aliphatic rings. The number of nitrogens with zero attached hydrogens (tertiary/aromatic N) is 1. The first kappa shape index (κ1) is 15.5. The Hall–Kier alpha value is -1.54. The second kappa shape index (κ2) is 7.15. The summed E-state index contributed by atoms with van der Waals surface area (Å²) in [4.78, 5) is 25.4. The highest BCUT2D eigenvalue weighted by Crippen LogP contribution is 2.13. The third kappa shape index (κ3) is 4.56. The highest BCUT2D eigenvalue weighted by Gasteiger charge is 2.26. The number of piperidine rings is 1. The number of rotatable bonds is 4. The minimum absolute atomic E-state index is 0.0233. The summed E-state index contributed by atoms with van der Waals surface area (Å²) in [5.41, 5.74) is 5.64. The van der Waals surface area contributed by atoms with Crippen LogP contribution in [0.4, 0.5) is 0 Å². The molecule has 0 saturated carbocycles. The number of hydrogen-bond acceptors (Lipinski definition) is 3. The normalized spacial score (nSPS) is 17.9. The van der Waals surface area contributed by atoms with Gasteiger partial charge in [0.05, 0.1) is 6.04 Å². The fourth-order valence-corrected chi connectivity index (χ4v) is 2.14. The molecule has 1 rings (SSSR count). The second-order valence-corrected chi connectivity index (χ2v) is 5.28. The molecule has 5 heteroatoms. The lowest BCUT2D eigenvalue weighted by molar-refractivity contribution is -0.135. The topological polar surface area (TPSA) is 75.4 Å². The van der Waals surface area contributed by atoms with Crippen molar-refractivity contribution in [2.24, 2.45) is 11.7 Å². The van der Waals surface area contributed by atoms with E-state index in [9.17, 15) is 9.59 Å². The molecule has 1 unspecified atom stereocenters. The van der Waals surface area contributed by atoms with Gasteiger partial charge in [-0.3, -0.25) is 9.59 Å². The van der Waals surface area contributed by atoms with Crippen LogP contribution in [-0.2, 0) is 9.59 Å². The highest BCUT2D eigenvalue weighted by atomic mass is 16.2. The fourth-order valence-electron chi connectivity index (χ4n) is 2.14. The Morgan fingerprint density at radius 1 is 1.42 bits per heavy atom. The number of nitrogens with two attached hydrogens (primary N) is 1. The van der Waals surface area contributed by atoms with Gasteiger partial charge in [0, 0.05) is 31.5 Å². The lowest BCUT2D eigenvalue weighted by Gasteiger charge is -2.33. The number of hydrogen-bond donors (Lipinski definition) is 2. The van der Waals surface area contributed by atoms with Crippen molar-refractivity contribution in [3.63, 3.8) is 0 Å². The van der Waals surface area contributed by atoms with Gasteiger partial charge in [0.25, 0.3) is 0 Å². The predicted molar refractivity (Wildman–Crippen MR) is 74.0 cm³/mol. The minimum atomic E-state index is -0.639. The van der Waals surface area contributed by atoms with Crippen LogP contribution in [0.5, 0.6) is 0 Å². The maximum Gasteiger partial charge on any atom is 0.238 e. The van der Waals surface area contributed by atoms with E-state index in [1.54, 1.807) is 0 Å². The number of carbonyl (C=O) groups excluding carboxylic acids is 2. The van der Waals surface area contributed by atoms with Crippen molar-refractivity contribution in [1.82, 2.24) is 10.2 Å². The third-order valence-electron chi connectivity index (χ3n) is 3.32. The molecule has 1 saturated heterocycles. The van der Waals surface area contributed by atoms with Crippen molar-refractivity contribution in [3.8, 4) is 12.3 Å². The van der Waals surface area contributed by atoms with Gasteiger partial charge in [0.15, 0.2) is 0 Å². The van der Waals surface area contributed by atoms with Gasteiger partial charge in [-0.15, -0.1) is 12.3 Å². The summed E-state index contributed by atoms with van der Waals surface area (Å²) in [6.07, 6.45) is 6.91. The van der Waals surface area contributed by atoms with Gasteiger partial charge in [-0.2, -0.15) is 0 Å². The van der Waals surface area contributed by atoms with Crippen LogP contribution in [0.1, 0.15) is 33.1 Å². The van der Waals surface area contributed by atoms with Crippen molar-refractivity contribution >= 4 is 11.8 Å². The zero-order chi connectivity index (χ0) is 14.4. The summed E-state index contributed by atoms with van der Waals surface area (Å²) in [7, 11) is 0. The van der Waals surface area contributed by atoms with Crippen LogP contribution in [-0.4, -0.2) is 41.9 Å². The summed E-state index contributed by atoms with van der Waals surface area (Å²) in [5.74, 6) is 2.38. The largest absolute Gasteiger partial charge is 0.352 e. The molecule has 0 aliphatic carbocycles. The van der Waals surface area contributed by atoms with Crippen LogP contribution < -0.4 is 11.1 Å². The molecular weight excluding hydrogens is 242 g/mol. The molecule has 0 spiro atoms. The molecule has 1 heterocycles. The summed E-state index contributed by atoms with van der Waals surface area (Å²) >= 11 is 0. The van der Waals surface area contributed by atoms with Crippen molar-refractivity contribution in [2.75, 3.05) is 13.1 Å². The van der Waals surface area contributed by atoms with Gasteiger partial charge in [0.2, 0.25) is 11.8 Å².